The van der Waals surface area contributed by atoms with E-state index in [4.69, 9.17) is 9.47 Å². The SMILES string of the molecule is CCCCCCCCCCCCCCCCOC(=O)CCCCCCCCCCCCCCCC/C=C(/C)CCCCCCCCCCCCCCCCC(=O)OCCCCCCCCCCCCCCCC. The molecule has 0 bridgehead atoms. The van der Waals surface area contributed by atoms with Crippen LogP contribution in [-0.2, 0) is 19.1 Å². The minimum Gasteiger partial charge on any atom is -0.466 e. The Bertz CT molecular complexity index is 1080. The molecule has 0 heterocycles. The summed E-state index contributed by atoms with van der Waals surface area (Å²) in [6, 6.07) is 0. The van der Waals surface area contributed by atoms with Gasteiger partial charge in [0.15, 0.2) is 0 Å². The van der Waals surface area contributed by atoms with Gasteiger partial charge in [-0.15, -0.1) is 0 Å². The zero-order chi connectivity index (χ0) is 52.7. The zero-order valence-electron chi connectivity index (χ0n) is 50.6. The lowest BCUT2D eigenvalue weighted by molar-refractivity contribution is -0.144. The number of carbonyl (C=O) groups is 2. The second kappa shape index (κ2) is 65.0. The molecule has 434 valence electrons. The average Bonchev–Trinajstić information content (AvgIpc) is 3.39. The number of ether oxygens (including phenoxy) is 2. The van der Waals surface area contributed by atoms with Crippen molar-refractivity contribution < 1.29 is 19.1 Å². The van der Waals surface area contributed by atoms with E-state index >= 15 is 0 Å². The monoisotopic (exact) mass is 1030 g/mol. The Kier molecular flexibility index (Phi) is 63.8. The van der Waals surface area contributed by atoms with E-state index in [1.165, 1.54) is 347 Å². The predicted molar refractivity (Wildman–Crippen MR) is 324 cm³/mol. The Morgan fingerprint density at radius 1 is 0.247 bits per heavy atom. The second-order valence-corrected chi connectivity index (χ2v) is 23.6. The maximum Gasteiger partial charge on any atom is 0.305 e. The van der Waals surface area contributed by atoms with E-state index < -0.39 is 0 Å². The van der Waals surface area contributed by atoms with Gasteiger partial charge in [-0.1, -0.05) is 347 Å². The van der Waals surface area contributed by atoms with Crippen molar-refractivity contribution >= 4 is 11.9 Å². The van der Waals surface area contributed by atoms with E-state index in [-0.39, 0.29) is 11.9 Å². The van der Waals surface area contributed by atoms with Crippen LogP contribution in [0.2, 0.25) is 0 Å². The molecule has 0 unspecified atom stereocenters. The third kappa shape index (κ3) is 64.9. The van der Waals surface area contributed by atoms with Crippen LogP contribution in [0.25, 0.3) is 0 Å². The Morgan fingerprint density at radius 3 is 0.685 bits per heavy atom. The van der Waals surface area contributed by atoms with Crippen molar-refractivity contribution in [3.05, 3.63) is 11.6 Å². The van der Waals surface area contributed by atoms with Gasteiger partial charge in [-0.2, -0.15) is 0 Å². The van der Waals surface area contributed by atoms with Gasteiger partial charge in [0.05, 0.1) is 13.2 Å². The first-order chi connectivity index (χ1) is 36.1. The summed E-state index contributed by atoms with van der Waals surface area (Å²) < 4.78 is 11.0. The van der Waals surface area contributed by atoms with E-state index in [9.17, 15) is 9.59 Å². The molecular weight excluding hydrogens is 893 g/mol. The standard InChI is InChI=1S/C69H134O4/c1-4-6-8-10-12-14-16-18-29-35-41-47-53-59-65-72-68(70)63-57-51-45-39-33-27-22-20-21-25-31-37-43-49-55-61-67(3)62-56-50-44-38-32-26-23-24-28-34-40-46-52-58-64-69(71)73-66-60-54-48-42-36-30-19-17-15-13-11-9-7-5-2/h61H,4-60,62-66H2,1-3H3/b67-61-. The molecule has 0 aliphatic heterocycles. The molecule has 0 rings (SSSR count). The number of carbonyl (C=O) groups excluding carboxylic acids is 2. The third-order valence-corrected chi connectivity index (χ3v) is 16.1. The van der Waals surface area contributed by atoms with Crippen molar-refractivity contribution in [2.75, 3.05) is 13.2 Å². The van der Waals surface area contributed by atoms with Gasteiger partial charge in [-0.05, 0) is 58.3 Å². The average molecular weight is 1030 g/mol. The minimum absolute atomic E-state index is 0.0261. The Hall–Kier alpha value is -1.32. The van der Waals surface area contributed by atoms with Crippen LogP contribution in [0.3, 0.4) is 0 Å². The molecule has 0 aromatic heterocycles. The van der Waals surface area contributed by atoms with Gasteiger partial charge in [0.25, 0.3) is 0 Å². The molecule has 4 heteroatoms. The number of hydrogen-bond acceptors (Lipinski definition) is 4. The van der Waals surface area contributed by atoms with E-state index in [1.807, 2.05) is 0 Å². The molecule has 4 nitrogen and oxygen atoms in total. The number of unbranched alkanes of at least 4 members (excludes halogenated alkanes) is 53. The van der Waals surface area contributed by atoms with Crippen LogP contribution >= 0.6 is 0 Å². The van der Waals surface area contributed by atoms with E-state index in [2.05, 4.69) is 26.8 Å². The summed E-state index contributed by atoms with van der Waals surface area (Å²) in [7, 11) is 0. The van der Waals surface area contributed by atoms with Crippen molar-refractivity contribution in [1.29, 1.82) is 0 Å². The highest BCUT2D eigenvalue weighted by Gasteiger charge is 2.05. The first-order valence-corrected chi connectivity index (χ1v) is 34.1. The summed E-state index contributed by atoms with van der Waals surface area (Å²) in [5, 5.41) is 0. The molecule has 0 spiro atoms. The predicted octanol–water partition coefficient (Wildman–Crippen LogP) is 24.5. The first kappa shape index (κ1) is 71.7. The number of rotatable bonds is 64. The maximum atomic E-state index is 12.1. The molecule has 0 saturated heterocycles. The normalized spacial score (nSPS) is 11.8. The van der Waals surface area contributed by atoms with Gasteiger partial charge in [-0.25, -0.2) is 0 Å². The van der Waals surface area contributed by atoms with Gasteiger partial charge in [-0.3, -0.25) is 9.59 Å². The molecule has 0 aromatic rings. The lowest BCUT2D eigenvalue weighted by atomic mass is 10.0. The van der Waals surface area contributed by atoms with E-state index in [0.717, 1.165) is 25.7 Å². The van der Waals surface area contributed by atoms with Crippen LogP contribution in [-0.4, -0.2) is 25.2 Å². The number of esters is 2. The Labute approximate surface area is 459 Å². The van der Waals surface area contributed by atoms with Crippen LogP contribution in [0.1, 0.15) is 406 Å². The fraction of sp³-hybridized carbons (Fsp3) is 0.942. The van der Waals surface area contributed by atoms with Gasteiger partial charge >= 0.3 is 11.9 Å². The topological polar surface area (TPSA) is 52.6 Å². The molecule has 0 aromatic carbocycles. The molecule has 0 aliphatic carbocycles. The number of allylic oxidation sites excluding steroid dienone is 2. The highest BCUT2D eigenvalue weighted by molar-refractivity contribution is 5.69. The fourth-order valence-electron chi connectivity index (χ4n) is 10.9. The first-order valence-electron chi connectivity index (χ1n) is 34.1. The molecular formula is C69H134O4. The summed E-state index contributed by atoms with van der Waals surface area (Å²) in [6.45, 7) is 8.20. The van der Waals surface area contributed by atoms with Gasteiger partial charge in [0.1, 0.15) is 0 Å². The highest BCUT2D eigenvalue weighted by Crippen LogP contribution is 2.19. The molecule has 0 saturated carbocycles. The summed E-state index contributed by atoms with van der Waals surface area (Å²) >= 11 is 0. The van der Waals surface area contributed by atoms with Crippen molar-refractivity contribution in [3.8, 4) is 0 Å². The van der Waals surface area contributed by atoms with Crippen molar-refractivity contribution in [1.82, 2.24) is 0 Å². The molecule has 0 N–H and O–H groups in total. The van der Waals surface area contributed by atoms with Crippen molar-refractivity contribution in [2.45, 2.75) is 406 Å². The maximum absolute atomic E-state index is 12.1. The van der Waals surface area contributed by atoms with Crippen LogP contribution < -0.4 is 0 Å². The molecule has 0 aliphatic rings. The molecule has 0 atom stereocenters. The molecule has 73 heavy (non-hydrogen) atoms. The van der Waals surface area contributed by atoms with Gasteiger partial charge in [0, 0.05) is 12.8 Å². The second-order valence-electron chi connectivity index (χ2n) is 23.6. The largest absolute Gasteiger partial charge is 0.466 e. The van der Waals surface area contributed by atoms with Crippen molar-refractivity contribution in [3.63, 3.8) is 0 Å². The zero-order valence-corrected chi connectivity index (χ0v) is 50.6. The molecule has 0 radical (unpaired) electrons. The van der Waals surface area contributed by atoms with Crippen LogP contribution in [0.5, 0.6) is 0 Å². The number of hydrogen-bond donors (Lipinski definition) is 0. The molecule has 0 fully saturated rings. The van der Waals surface area contributed by atoms with Gasteiger partial charge < -0.3 is 9.47 Å². The quantitative estimate of drug-likeness (QED) is 0.0346. The van der Waals surface area contributed by atoms with E-state index in [0.29, 0.717) is 26.1 Å². The summed E-state index contributed by atoms with van der Waals surface area (Å²) in [5.41, 5.74) is 1.62. The van der Waals surface area contributed by atoms with Gasteiger partial charge in [0.2, 0.25) is 0 Å². The Balaban J connectivity index is 3.27. The summed E-state index contributed by atoms with van der Waals surface area (Å²) in [5.74, 6) is 0.0523. The van der Waals surface area contributed by atoms with Crippen molar-refractivity contribution in [2.24, 2.45) is 0 Å². The van der Waals surface area contributed by atoms with Crippen LogP contribution in [0, 0.1) is 0 Å². The fourth-order valence-corrected chi connectivity index (χ4v) is 10.9. The smallest absolute Gasteiger partial charge is 0.305 e. The van der Waals surface area contributed by atoms with E-state index in [1.54, 1.807) is 5.57 Å². The highest BCUT2D eigenvalue weighted by atomic mass is 16.5. The summed E-state index contributed by atoms with van der Waals surface area (Å²) in [4.78, 5) is 24.2. The van der Waals surface area contributed by atoms with Crippen LogP contribution in [0.4, 0.5) is 0 Å². The lowest BCUT2D eigenvalue weighted by Crippen LogP contribution is -2.05. The Morgan fingerprint density at radius 2 is 0.438 bits per heavy atom. The third-order valence-electron chi connectivity index (χ3n) is 16.1. The van der Waals surface area contributed by atoms with Crippen LogP contribution in [0.15, 0.2) is 11.6 Å². The lowest BCUT2D eigenvalue weighted by Gasteiger charge is -2.06. The minimum atomic E-state index is 0.0261. The summed E-state index contributed by atoms with van der Waals surface area (Å²) in [6.07, 6.45) is 82.0. The molecule has 0 amide bonds.